The van der Waals surface area contributed by atoms with Gasteiger partial charge in [-0.05, 0) is 50.6 Å². The second-order valence-electron chi connectivity index (χ2n) is 5.82. The Labute approximate surface area is 120 Å². The van der Waals surface area contributed by atoms with Crippen LogP contribution in [-0.2, 0) is 4.74 Å². The van der Waals surface area contributed by atoms with Crippen molar-refractivity contribution in [1.29, 1.82) is 0 Å². The van der Waals surface area contributed by atoms with Crippen LogP contribution in [0.4, 0.5) is 5.69 Å². The van der Waals surface area contributed by atoms with Gasteiger partial charge in [0.05, 0.1) is 5.69 Å². The molecule has 0 bridgehead atoms. The van der Waals surface area contributed by atoms with Crippen LogP contribution >= 0.6 is 0 Å². The fourth-order valence-corrected chi connectivity index (χ4v) is 3.10. The van der Waals surface area contributed by atoms with Gasteiger partial charge in [-0.1, -0.05) is 18.2 Å². The van der Waals surface area contributed by atoms with Crippen LogP contribution in [0.15, 0.2) is 34.3 Å². The fourth-order valence-electron chi connectivity index (χ4n) is 3.10. The maximum atomic E-state index is 5.78. The predicted molar refractivity (Wildman–Crippen MR) is 81.8 cm³/mol. The number of amidine groups is 1. The molecule has 1 aliphatic heterocycles. The first kappa shape index (κ1) is 13.3. The number of fused-ring (bicyclic) bond motifs is 1. The Kier molecular flexibility index (Phi) is 3.57. The number of hydrogen-bond donors (Lipinski definition) is 0. The van der Waals surface area contributed by atoms with Gasteiger partial charge in [-0.3, -0.25) is 4.90 Å². The lowest BCUT2D eigenvalue weighted by Gasteiger charge is -2.22. The molecule has 4 heteroatoms. The SMILES string of the molecule is C=NC(=Nc1ccccc1C)OC[C@@H]1[C@@H]2C[C@@H]2CN1C. The molecule has 1 aromatic carbocycles. The van der Waals surface area contributed by atoms with Crippen LogP contribution in [0.2, 0.25) is 0 Å². The number of ether oxygens (including phenoxy) is 1. The van der Waals surface area contributed by atoms with Gasteiger partial charge in [0.25, 0.3) is 0 Å². The number of para-hydroxylation sites is 1. The van der Waals surface area contributed by atoms with Crippen molar-refractivity contribution in [2.75, 3.05) is 20.2 Å². The number of nitrogens with zero attached hydrogens (tertiary/aromatic N) is 3. The topological polar surface area (TPSA) is 37.2 Å². The van der Waals surface area contributed by atoms with E-state index < -0.39 is 0 Å². The summed E-state index contributed by atoms with van der Waals surface area (Å²) in [4.78, 5) is 10.7. The fraction of sp³-hybridized carbons (Fsp3) is 0.500. The molecule has 2 aliphatic rings. The quantitative estimate of drug-likeness (QED) is 0.626. The maximum absolute atomic E-state index is 5.78. The third kappa shape index (κ3) is 2.61. The second-order valence-corrected chi connectivity index (χ2v) is 5.82. The summed E-state index contributed by atoms with van der Waals surface area (Å²) < 4.78 is 5.78. The number of rotatable bonds is 3. The molecule has 1 aliphatic carbocycles. The van der Waals surface area contributed by atoms with Gasteiger partial charge in [-0.2, -0.15) is 4.99 Å². The van der Waals surface area contributed by atoms with E-state index in [-0.39, 0.29) is 0 Å². The maximum Gasteiger partial charge on any atom is 0.316 e. The van der Waals surface area contributed by atoms with E-state index in [4.69, 9.17) is 4.74 Å². The molecule has 4 nitrogen and oxygen atoms in total. The third-order valence-electron chi connectivity index (χ3n) is 4.41. The summed E-state index contributed by atoms with van der Waals surface area (Å²) in [6.45, 7) is 7.44. The van der Waals surface area contributed by atoms with Crippen LogP contribution in [0.3, 0.4) is 0 Å². The molecule has 3 atom stereocenters. The first-order valence-electron chi connectivity index (χ1n) is 7.13. The number of aliphatic imine (C=N–C) groups is 2. The highest BCUT2D eigenvalue weighted by atomic mass is 16.5. The van der Waals surface area contributed by atoms with Crippen molar-refractivity contribution in [3.05, 3.63) is 29.8 Å². The van der Waals surface area contributed by atoms with Crippen LogP contribution in [0.1, 0.15) is 12.0 Å². The number of piperidine rings is 1. The summed E-state index contributed by atoms with van der Waals surface area (Å²) in [5, 5.41) is 0. The molecule has 0 amide bonds. The highest BCUT2D eigenvalue weighted by molar-refractivity contribution is 5.81. The highest BCUT2D eigenvalue weighted by Gasteiger charge is 2.51. The first-order valence-corrected chi connectivity index (χ1v) is 7.13. The van der Waals surface area contributed by atoms with E-state index in [9.17, 15) is 0 Å². The molecule has 1 saturated heterocycles. The van der Waals surface area contributed by atoms with E-state index in [0.29, 0.717) is 18.7 Å². The van der Waals surface area contributed by atoms with Gasteiger partial charge >= 0.3 is 6.02 Å². The summed E-state index contributed by atoms with van der Waals surface area (Å²) in [7, 11) is 2.17. The third-order valence-corrected chi connectivity index (χ3v) is 4.41. The van der Waals surface area contributed by atoms with Crippen LogP contribution in [-0.4, -0.2) is 43.9 Å². The van der Waals surface area contributed by atoms with Gasteiger partial charge < -0.3 is 4.74 Å². The Morgan fingerprint density at radius 2 is 2.25 bits per heavy atom. The largest absolute Gasteiger partial charge is 0.462 e. The first-order chi connectivity index (χ1) is 9.69. The van der Waals surface area contributed by atoms with Gasteiger partial charge in [0.2, 0.25) is 0 Å². The summed E-state index contributed by atoms with van der Waals surface area (Å²) in [5.74, 6) is 1.70. The zero-order valence-electron chi connectivity index (χ0n) is 12.1. The molecular weight excluding hydrogens is 250 g/mol. The lowest BCUT2D eigenvalue weighted by atomic mass is 10.2. The molecule has 1 aromatic rings. The molecule has 1 heterocycles. The normalized spacial score (nSPS) is 29.1. The monoisotopic (exact) mass is 271 g/mol. The average Bonchev–Trinajstić information content (AvgIpc) is 3.12. The van der Waals surface area contributed by atoms with E-state index in [1.807, 2.05) is 31.2 Å². The highest BCUT2D eigenvalue weighted by Crippen LogP contribution is 2.48. The van der Waals surface area contributed by atoms with Gasteiger partial charge in [-0.15, -0.1) is 0 Å². The number of likely N-dealkylation sites (N-methyl/N-ethyl adjacent to an activating group) is 1. The van der Waals surface area contributed by atoms with Crippen molar-refractivity contribution in [3.8, 4) is 0 Å². The van der Waals surface area contributed by atoms with E-state index in [0.717, 1.165) is 23.1 Å². The minimum atomic E-state index is 0.372. The van der Waals surface area contributed by atoms with E-state index in [1.54, 1.807) is 0 Å². The number of likely N-dealkylation sites (tertiary alicyclic amines) is 1. The Bertz CT molecular complexity index is 538. The molecule has 0 aromatic heterocycles. The molecular formula is C16H21N3O. The standard InChI is InChI=1S/C16H21N3O/c1-11-6-4-5-7-14(11)18-16(17-2)20-10-15-13-8-12(13)9-19(15)3/h4-7,12-13,15H,2,8-10H2,1,3H3/t12-,13-,15-/m1/s1. The predicted octanol–water partition coefficient (Wildman–Crippen LogP) is 2.65. The molecule has 20 heavy (non-hydrogen) atoms. The average molecular weight is 271 g/mol. The molecule has 0 spiro atoms. The summed E-state index contributed by atoms with van der Waals surface area (Å²) >= 11 is 0. The molecule has 106 valence electrons. The lowest BCUT2D eigenvalue weighted by molar-refractivity contribution is 0.166. The van der Waals surface area contributed by atoms with E-state index in [1.165, 1.54) is 13.0 Å². The molecule has 3 rings (SSSR count). The van der Waals surface area contributed by atoms with E-state index >= 15 is 0 Å². The van der Waals surface area contributed by atoms with Gasteiger partial charge in [0.15, 0.2) is 0 Å². The zero-order chi connectivity index (χ0) is 14.1. The Morgan fingerprint density at radius 3 is 2.90 bits per heavy atom. The Morgan fingerprint density at radius 1 is 1.45 bits per heavy atom. The summed E-state index contributed by atoms with van der Waals surface area (Å²) in [6.07, 6.45) is 1.35. The van der Waals surface area contributed by atoms with Crippen molar-refractivity contribution < 1.29 is 4.74 Å². The Hall–Kier alpha value is -1.68. The van der Waals surface area contributed by atoms with Crippen LogP contribution in [0, 0.1) is 18.8 Å². The van der Waals surface area contributed by atoms with E-state index in [2.05, 4.69) is 28.6 Å². The van der Waals surface area contributed by atoms with Crippen molar-refractivity contribution in [3.63, 3.8) is 0 Å². The van der Waals surface area contributed by atoms with Crippen LogP contribution in [0.5, 0.6) is 0 Å². The molecule has 0 unspecified atom stereocenters. The van der Waals surface area contributed by atoms with Gasteiger partial charge in [0.1, 0.15) is 6.61 Å². The van der Waals surface area contributed by atoms with Gasteiger partial charge in [-0.25, -0.2) is 4.99 Å². The molecule has 0 radical (unpaired) electrons. The smallest absolute Gasteiger partial charge is 0.316 e. The van der Waals surface area contributed by atoms with Crippen molar-refractivity contribution in [2.45, 2.75) is 19.4 Å². The number of benzene rings is 1. The van der Waals surface area contributed by atoms with Crippen molar-refractivity contribution >= 4 is 18.4 Å². The molecule has 2 fully saturated rings. The summed E-state index contributed by atoms with van der Waals surface area (Å²) in [5.41, 5.74) is 2.00. The van der Waals surface area contributed by atoms with Crippen LogP contribution in [0.25, 0.3) is 0 Å². The van der Waals surface area contributed by atoms with Crippen molar-refractivity contribution in [2.24, 2.45) is 21.8 Å². The molecule has 0 N–H and O–H groups in total. The van der Waals surface area contributed by atoms with Gasteiger partial charge in [0, 0.05) is 12.6 Å². The molecule has 1 saturated carbocycles. The lowest BCUT2D eigenvalue weighted by Crippen LogP contribution is -2.34. The second kappa shape index (κ2) is 5.37. The Balaban J connectivity index is 1.65. The minimum absolute atomic E-state index is 0.372. The number of aryl methyl sites for hydroxylation is 1. The minimum Gasteiger partial charge on any atom is -0.462 e. The summed E-state index contributed by atoms with van der Waals surface area (Å²) in [6, 6.07) is 8.82. The zero-order valence-corrected chi connectivity index (χ0v) is 12.1. The van der Waals surface area contributed by atoms with Crippen molar-refractivity contribution in [1.82, 2.24) is 4.90 Å². The number of hydrogen-bond acceptors (Lipinski definition) is 3. The van der Waals surface area contributed by atoms with Crippen LogP contribution < -0.4 is 0 Å².